The molecule has 21 heavy (non-hydrogen) atoms. The van der Waals surface area contributed by atoms with E-state index in [0.29, 0.717) is 6.29 Å². The fourth-order valence-electron chi connectivity index (χ4n) is 0.500. The van der Waals surface area contributed by atoms with Gasteiger partial charge in [-0.15, -0.1) is 0 Å². The van der Waals surface area contributed by atoms with Gasteiger partial charge in [-0.25, -0.2) is 0 Å². The Kier molecular flexibility index (Phi) is 34.9. The summed E-state index contributed by atoms with van der Waals surface area (Å²) in [5, 5.41) is 2.75. The molecule has 1 amide bonds. The Morgan fingerprint density at radius 1 is 1.33 bits per heavy atom. The molecule has 126 valence electrons. The van der Waals surface area contributed by atoms with Crippen molar-refractivity contribution in [3.05, 3.63) is 0 Å². The normalized spacial score (nSPS) is 9.05. The molecule has 0 heterocycles. The molecule has 1 unspecified atom stereocenters. The second kappa shape index (κ2) is 26.7. The number of carbonyl (C=O) groups is 4. The lowest BCUT2D eigenvalue weighted by atomic mass is 10.3. The first-order valence-electron chi connectivity index (χ1n) is 6.25. The standard InChI is InChI=1S/C7H15N3O3.C2H5NO.C2H6.CH2O/c1-5(8-3)7(12)10-9-4-13-6(2)11;3-1-2-4;2*1-2/h5,8-9H,4H2,1-3H3,(H,10,12);2H,1,3H2;1-2H3;1H2. The number of amides is 1. The summed E-state index contributed by atoms with van der Waals surface area (Å²) in [6.45, 7) is 9.11. The van der Waals surface area contributed by atoms with Gasteiger partial charge in [0.05, 0.1) is 6.04 Å². The summed E-state index contributed by atoms with van der Waals surface area (Å²) in [6.07, 6.45) is 0.653. The van der Waals surface area contributed by atoms with Gasteiger partial charge in [-0.1, -0.05) is 13.8 Å². The van der Waals surface area contributed by atoms with Gasteiger partial charge in [-0.3, -0.25) is 15.0 Å². The molecule has 0 saturated heterocycles. The third kappa shape index (κ3) is 32.1. The average Bonchev–Trinajstić information content (AvgIpc) is 2.54. The van der Waals surface area contributed by atoms with Crippen molar-refractivity contribution in [3.8, 4) is 0 Å². The highest BCUT2D eigenvalue weighted by molar-refractivity contribution is 5.80. The maximum Gasteiger partial charge on any atom is 0.303 e. The first-order valence-corrected chi connectivity index (χ1v) is 6.25. The number of hydrogen-bond acceptors (Lipinski definition) is 8. The van der Waals surface area contributed by atoms with Crippen LogP contribution >= 0.6 is 0 Å². The molecule has 0 aliphatic rings. The lowest BCUT2D eigenvalue weighted by Crippen LogP contribution is -2.47. The first-order chi connectivity index (χ1) is 9.99. The van der Waals surface area contributed by atoms with Gasteiger partial charge >= 0.3 is 5.97 Å². The summed E-state index contributed by atoms with van der Waals surface area (Å²) >= 11 is 0. The van der Waals surface area contributed by atoms with E-state index < -0.39 is 5.97 Å². The fraction of sp³-hybridized carbons (Fsp3) is 0.667. The van der Waals surface area contributed by atoms with Gasteiger partial charge in [0.15, 0.2) is 6.73 Å². The van der Waals surface area contributed by atoms with Gasteiger partial charge in [0.1, 0.15) is 13.1 Å². The minimum atomic E-state index is -0.400. The number of nitrogens with two attached hydrogens (primary N) is 1. The monoisotopic (exact) mass is 308 g/mol. The Morgan fingerprint density at radius 3 is 2.05 bits per heavy atom. The first kappa shape index (κ1) is 27.5. The number of rotatable bonds is 6. The number of esters is 1. The summed E-state index contributed by atoms with van der Waals surface area (Å²) in [5.74, 6) is -0.613. The molecule has 0 aliphatic heterocycles. The number of nitrogens with one attached hydrogen (secondary N) is 3. The smallest absolute Gasteiger partial charge is 0.303 e. The van der Waals surface area contributed by atoms with E-state index in [1.165, 1.54) is 6.92 Å². The van der Waals surface area contributed by atoms with E-state index >= 15 is 0 Å². The van der Waals surface area contributed by atoms with Crippen molar-refractivity contribution in [1.29, 1.82) is 0 Å². The Hall–Kier alpha value is -1.84. The van der Waals surface area contributed by atoms with Crippen molar-refractivity contribution in [1.82, 2.24) is 16.2 Å². The summed E-state index contributed by atoms with van der Waals surface area (Å²) in [6, 6.07) is -0.287. The Morgan fingerprint density at radius 2 is 1.76 bits per heavy atom. The summed E-state index contributed by atoms with van der Waals surface area (Å²) in [5.41, 5.74) is 9.47. The third-order valence-corrected chi connectivity index (χ3v) is 1.48. The molecular formula is C12H28N4O5. The van der Waals surface area contributed by atoms with Crippen molar-refractivity contribution in [2.45, 2.75) is 33.7 Å². The lowest BCUT2D eigenvalue weighted by molar-refractivity contribution is -0.143. The quantitative estimate of drug-likeness (QED) is 0.156. The zero-order chi connectivity index (χ0) is 17.7. The fourth-order valence-corrected chi connectivity index (χ4v) is 0.500. The molecule has 0 fully saturated rings. The van der Waals surface area contributed by atoms with Crippen molar-refractivity contribution in [2.75, 3.05) is 20.3 Å². The lowest BCUT2D eigenvalue weighted by Gasteiger charge is -2.11. The second-order valence-electron chi connectivity index (χ2n) is 2.86. The highest BCUT2D eigenvalue weighted by atomic mass is 16.5. The van der Waals surface area contributed by atoms with E-state index in [4.69, 9.17) is 9.59 Å². The minimum absolute atomic E-state index is 0.0303. The van der Waals surface area contributed by atoms with Crippen LogP contribution in [0.5, 0.6) is 0 Å². The van der Waals surface area contributed by atoms with Crippen molar-refractivity contribution in [2.24, 2.45) is 5.73 Å². The Labute approximate surface area is 125 Å². The van der Waals surface area contributed by atoms with Gasteiger partial charge < -0.3 is 25.4 Å². The van der Waals surface area contributed by atoms with Crippen LogP contribution in [-0.2, 0) is 23.9 Å². The maximum atomic E-state index is 11.0. The predicted octanol–water partition coefficient (Wildman–Crippen LogP) is -1.28. The number of aldehydes is 1. The molecule has 0 rings (SSSR count). The summed E-state index contributed by atoms with van der Waals surface area (Å²) in [4.78, 5) is 38.4. The van der Waals surface area contributed by atoms with Crippen LogP contribution < -0.4 is 21.9 Å². The molecule has 9 nitrogen and oxygen atoms in total. The van der Waals surface area contributed by atoms with Crippen molar-refractivity contribution in [3.63, 3.8) is 0 Å². The molecule has 0 saturated carbocycles. The number of hydrogen-bond donors (Lipinski definition) is 4. The van der Waals surface area contributed by atoms with Crippen LogP contribution in [0.1, 0.15) is 27.7 Å². The van der Waals surface area contributed by atoms with Crippen LogP contribution in [-0.4, -0.2) is 51.3 Å². The molecule has 0 aromatic rings. The van der Waals surface area contributed by atoms with Crippen LogP contribution in [0.25, 0.3) is 0 Å². The second-order valence-corrected chi connectivity index (χ2v) is 2.86. The highest BCUT2D eigenvalue weighted by Gasteiger charge is 2.08. The Balaban J connectivity index is -0.000000151. The molecule has 1 atom stereocenters. The van der Waals surface area contributed by atoms with Gasteiger partial charge in [-0.05, 0) is 14.0 Å². The SMILES string of the molecule is C=O.CC.CNC(C)C(=O)NNCOC(C)=O.NCC=O. The molecule has 5 N–H and O–H groups in total. The molecule has 0 aliphatic carbocycles. The van der Waals surface area contributed by atoms with E-state index in [9.17, 15) is 9.59 Å². The van der Waals surface area contributed by atoms with E-state index in [2.05, 4.69) is 26.6 Å². The largest absolute Gasteiger partial charge is 0.448 e. The van der Waals surface area contributed by atoms with E-state index in [-0.39, 0.29) is 25.2 Å². The zero-order valence-electron chi connectivity index (χ0n) is 13.4. The molecular weight excluding hydrogens is 280 g/mol. The van der Waals surface area contributed by atoms with E-state index in [0.717, 1.165) is 0 Å². The zero-order valence-corrected chi connectivity index (χ0v) is 13.4. The highest BCUT2D eigenvalue weighted by Crippen LogP contribution is 1.77. The van der Waals surface area contributed by atoms with Crippen LogP contribution in [0.2, 0.25) is 0 Å². The van der Waals surface area contributed by atoms with Gasteiger partial charge in [-0.2, -0.15) is 5.43 Å². The van der Waals surface area contributed by atoms with Gasteiger partial charge in [0, 0.05) is 13.5 Å². The molecule has 0 aromatic carbocycles. The van der Waals surface area contributed by atoms with Crippen LogP contribution in [0.4, 0.5) is 0 Å². The predicted molar refractivity (Wildman–Crippen MR) is 80.0 cm³/mol. The average molecular weight is 308 g/mol. The third-order valence-electron chi connectivity index (χ3n) is 1.48. The topological polar surface area (TPSA) is 140 Å². The minimum Gasteiger partial charge on any atom is -0.448 e. The number of ether oxygens (including phenoxy) is 1. The number of carbonyl (C=O) groups excluding carboxylic acids is 4. The van der Waals surface area contributed by atoms with E-state index in [1.54, 1.807) is 14.0 Å². The molecule has 9 heteroatoms. The number of hydrazine groups is 1. The molecule has 0 spiro atoms. The van der Waals surface area contributed by atoms with Crippen molar-refractivity contribution < 1.29 is 23.9 Å². The molecule has 0 bridgehead atoms. The van der Waals surface area contributed by atoms with Crippen molar-refractivity contribution >= 4 is 25.0 Å². The molecule has 0 radical (unpaired) electrons. The van der Waals surface area contributed by atoms with Crippen LogP contribution in [0, 0.1) is 0 Å². The van der Waals surface area contributed by atoms with Crippen LogP contribution in [0.3, 0.4) is 0 Å². The van der Waals surface area contributed by atoms with Gasteiger partial charge in [0.2, 0.25) is 0 Å². The van der Waals surface area contributed by atoms with E-state index in [1.807, 2.05) is 20.6 Å². The summed E-state index contributed by atoms with van der Waals surface area (Å²) < 4.78 is 4.52. The van der Waals surface area contributed by atoms with Crippen LogP contribution in [0.15, 0.2) is 0 Å². The maximum absolute atomic E-state index is 11.0. The Bertz CT molecular complexity index is 252. The molecule has 0 aromatic heterocycles. The van der Waals surface area contributed by atoms with Gasteiger partial charge in [0.25, 0.3) is 5.91 Å². The summed E-state index contributed by atoms with van der Waals surface area (Å²) in [7, 11) is 1.68. The number of likely N-dealkylation sites (N-methyl/N-ethyl adjacent to an activating group) is 1.